The van der Waals surface area contributed by atoms with E-state index in [9.17, 15) is 4.79 Å². The summed E-state index contributed by atoms with van der Waals surface area (Å²) in [5.74, 6) is -0.0801. The van der Waals surface area contributed by atoms with Gasteiger partial charge in [0.05, 0.1) is 23.4 Å². The molecule has 0 spiro atoms. The number of morpholine rings is 1. The number of thiazole rings is 1. The number of nitrogens with one attached hydrogen (secondary N) is 1. The van der Waals surface area contributed by atoms with Crippen LogP contribution in [0.15, 0.2) is 36.4 Å². The highest BCUT2D eigenvalue weighted by Crippen LogP contribution is 2.31. The molecule has 1 aliphatic rings. The highest BCUT2D eigenvalue weighted by Gasteiger charge is 2.16. The normalized spacial score (nSPS) is 14.6. The van der Waals surface area contributed by atoms with Gasteiger partial charge in [0.25, 0.3) is 5.91 Å². The lowest BCUT2D eigenvalue weighted by Crippen LogP contribution is -2.36. The fraction of sp³-hybridized carbons (Fsp3) is 0.300. The Kier molecular flexibility index (Phi) is 4.61. The standard InChI is InChI=1S/C20H21N3O2S/c1-13-3-4-14(2)16(11-13)19(24)21-15-5-6-17-18(12-15)26-20(22-17)23-7-9-25-10-8-23/h3-6,11-12H,7-10H2,1-2H3,(H,21,24). The van der Waals surface area contributed by atoms with E-state index in [1.54, 1.807) is 11.3 Å². The number of nitrogens with zero attached hydrogens (tertiary/aromatic N) is 2. The van der Waals surface area contributed by atoms with Crippen molar-refractivity contribution in [2.24, 2.45) is 0 Å². The molecule has 3 aromatic rings. The van der Waals surface area contributed by atoms with E-state index < -0.39 is 0 Å². The molecule has 0 unspecified atom stereocenters. The zero-order valence-corrected chi connectivity index (χ0v) is 15.7. The van der Waals surface area contributed by atoms with Crippen molar-refractivity contribution in [1.29, 1.82) is 0 Å². The highest BCUT2D eigenvalue weighted by atomic mass is 32.1. The molecule has 134 valence electrons. The zero-order valence-electron chi connectivity index (χ0n) is 14.9. The van der Waals surface area contributed by atoms with Crippen LogP contribution in [0.25, 0.3) is 10.2 Å². The minimum atomic E-state index is -0.0801. The first-order valence-electron chi connectivity index (χ1n) is 8.72. The van der Waals surface area contributed by atoms with Crippen molar-refractivity contribution in [3.8, 4) is 0 Å². The Morgan fingerprint density at radius 1 is 1.15 bits per heavy atom. The number of anilines is 2. The molecule has 0 aliphatic carbocycles. The average Bonchev–Trinajstić information content (AvgIpc) is 3.08. The number of amides is 1. The molecule has 1 fully saturated rings. The fourth-order valence-corrected chi connectivity index (χ4v) is 4.12. The molecule has 1 saturated heterocycles. The number of ether oxygens (including phenoxy) is 1. The van der Waals surface area contributed by atoms with Gasteiger partial charge in [-0.25, -0.2) is 4.98 Å². The lowest BCUT2D eigenvalue weighted by molar-refractivity contribution is 0.102. The van der Waals surface area contributed by atoms with Crippen LogP contribution in [-0.2, 0) is 4.74 Å². The number of rotatable bonds is 3. The summed E-state index contributed by atoms with van der Waals surface area (Å²) in [4.78, 5) is 19.6. The van der Waals surface area contributed by atoms with Crippen LogP contribution in [0.3, 0.4) is 0 Å². The van der Waals surface area contributed by atoms with E-state index in [2.05, 4.69) is 10.2 Å². The summed E-state index contributed by atoms with van der Waals surface area (Å²) in [7, 11) is 0. The molecule has 1 aliphatic heterocycles. The van der Waals surface area contributed by atoms with Crippen LogP contribution < -0.4 is 10.2 Å². The fourth-order valence-electron chi connectivity index (χ4n) is 3.06. The van der Waals surface area contributed by atoms with E-state index in [1.165, 1.54) is 0 Å². The van der Waals surface area contributed by atoms with Gasteiger partial charge in [0.1, 0.15) is 0 Å². The first-order chi connectivity index (χ1) is 12.6. The zero-order chi connectivity index (χ0) is 18.1. The summed E-state index contributed by atoms with van der Waals surface area (Å²) in [6.45, 7) is 7.17. The topological polar surface area (TPSA) is 54.5 Å². The van der Waals surface area contributed by atoms with Crippen LogP contribution in [0.1, 0.15) is 21.5 Å². The summed E-state index contributed by atoms with van der Waals surface area (Å²) < 4.78 is 6.48. The number of hydrogen-bond donors (Lipinski definition) is 1. The molecule has 6 heteroatoms. The van der Waals surface area contributed by atoms with Gasteiger partial charge in [-0.15, -0.1) is 0 Å². The van der Waals surface area contributed by atoms with Crippen LogP contribution in [0, 0.1) is 13.8 Å². The van der Waals surface area contributed by atoms with E-state index in [4.69, 9.17) is 9.72 Å². The molecular formula is C20H21N3O2S. The summed E-state index contributed by atoms with van der Waals surface area (Å²) >= 11 is 1.65. The monoisotopic (exact) mass is 367 g/mol. The third kappa shape index (κ3) is 3.43. The number of benzene rings is 2. The van der Waals surface area contributed by atoms with Crippen molar-refractivity contribution < 1.29 is 9.53 Å². The number of aromatic nitrogens is 1. The minimum absolute atomic E-state index is 0.0801. The third-order valence-electron chi connectivity index (χ3n) is 4.55. The van der Waals surface area contributed by atoms with Crippen LogP contribution in [0.4, 0.5) is 10.8 Å². The van der Waals surface area contributed by atoms with Crippen molar-refractivity contribution in [3.63, 3.8) is 0 Å². The van der Waals surface area contributed by atoms with Crippen molar-refractivity contribution in [1.82, 2.24) is 4.98 Å². The lowest BCUT2D eigenvalue weighted by atomic mass is 10.1. The van der Waals surface area contributed by atoms with Crippen LogP contribution in [0.2, 0.25) is 0 Å². The number of carbonyl (C=O) groups excluding carboxylic acids is 1. The molecule has 2 heterocycles. The second-order valence-electron chi connectivity index (χ2n) is 6.55. The van der Waals surface area contributed by atoms with E-state index in [1.807, 2.05) is 50.2 Å². The molecule has 2 aromatic carbocycles. The predicted molar refractivity (Wildman–Crippen MR) is 107 cm³/mol. The Morgan fingerprint density at radius 3 is 2.77 bits per heavy atom. The summed E-state index contributed by atoms with van der Waals surface area (Å²) in [6, 6.07) is 11.8. The van der Waals surface area contributed by atoms with Crippen LogP contribution >= 0.6 is 11.3 Å². The number of fused-ring (bicyclic) bond motifs is 1. The first kappa shape index (κ1) is 17.0. The van der Waals surface area contributed by atoms with Gasteiger partial charge in [-0.05, 0) is 43.7 Å². The van der Waals surface area contributed by atoms with Gasteiger partial charge in [-0.2, -0.15) is 0 Å². The van der Waals surface area contributed by atoms with E-state index >= 15 is 0 Å². The molecule has 0 atom stereocenters. The largest absolute Gasteiger partial charge is 0.378 e. The predicted octanol–water partition coefficient (Wildman–Crippen LogP) is 4.00. The maximum atomic E-state index is 12.6. The van der Waals surface area contributed by atoms with Crippen molar-refractivity contribution in [2.45, 2.75) is 13.8 Å². The Labute approximate surface area is 156 Å². The van der Waals surface area contributed by atoms with E-state index in [0.29, 0.717) is 5.56 Å². The maximum absolute atomic E-state index is 12.6. The molecule has 0 bridgehead atoms. The maximum Gasteiger partial charge on any atom is 0.255 e. The minimum Gasteiger partial charge on any atom is -0.378 e. The molecular weight excluding hydrogens is 346 g/mol. The Bertz CT molecular complexity index is 961. The Hall–Kier alpha value is -2.44. The first-order valence-corrected chi connectivity index (χ1v) is 9.54. The Balaban J connectivity index is 1.57. The van der Waals surface area contributed by atoms with Gasteiger partial charge in [-0.3, -0.25) is 4.79 Å². The second kappa shape index (κ2) is 7.05. The number of aryl methyl sites for hydroxylation is 2. The quantitative estimate of drug-likeness (QED) is 0.760. The molecule has 0 radical (unpaired) electrons. The molecule has 0 saturated carbocycles. The molecule has 4 rings (SSSR count). The van der Waals surface area contributed by atoms with Gasteiger partial charge >= 0.3 is 0 Å². The third-order valence-corrected chi connectivity index (χ3v) is 5.63. The van der Waals surface area contributed by atoms with E-state index in [0.717, 1.165) is 58.5 Å². The average molecular weight is 367 g/mol. The number of carbonyl (C=O) groups is 1. The molecule has 26 heavy (non-hydrogen) atoms. The molecule has 1 amide bonds. The molecule has 1 N–H and O–H groups in total. The molecule has 1 aromatic heterocycles. The summed E-state index contributed by atoms with van der Waals surface area (Å²) in [5, 5.41) is 4.03. The van der Waals surface area contributed by atoms with Crippen LogP contribution in [0.5, 0.6) is 0 Å². The summed E-state index contributed by atoms with van der Waals surface area (Å²) in [5.41, 5.74) is 4.51. The number of hydrogen-bond acceptors (Lipinski definition) is 5. The van der Waals surface area contributed by atoms with Crippen molar-refractivity contribution in [2.75, 3.05) is 36.5 Å². The Morgan fingerprint density at radius 2 is 1.96 bits per heavy atom. The van der Waals surface area contributed by atoms with Gasteiger partial charge in [0.2, 0.25) is 0 Å². The van der Waals surface area contributed by atoms with Crippen molar-refractivity contribution >= 4 is 38.3 Å². The van der Waals surface area contributed by atoms with Crippen LogP contribution in [-0.4, -0.2) is 37.2 Å². The lowest BCUT2D eigenvalue weighted by Gasteiger charge is -2.25. The summed E-state index contributed by atoms with van der Waals surface area (Å²) in [6.07, 6.45) is 0. The smallest absolute Gasteiger partial charge is 0.255 e. The SMILES string of the molecule is Cc1ccc(C)c(C(=O)Nc2ccc3nc(N4CCOCC4)sc3c2)c1. The van der Waals surface area contributed by atoms with Gasteiger partial charge in [-0.1, -0.05) is 29.0 Å². The van der Waals surface area contributed by atoms with Crippen molar-refractivity contribution in [3.05, 3.63) is 53.1 Å². The highest BCUT2D eigenvalue weighted by molar-refractivity contribution is 7.22. The second-order valence-corrected chi connectivity index (χ2v) is 7.56. The van der Waals surface area contributed by atoms with E-state index in [-0.39, 0.29) is 5.91 Å². The van der Waals surface area contributed by atoms with Gasteiger partial charge in [0.15, 0.2) is 5.13 Å². The van der Waals surface area contributed by atoms with Gasteiger partial charge < -0.3 is 15.0 Å². The van der Waals surface area contributed by atoms with Gasteiger partial charge in [0, 0.05) is 24.3 Å². The molecule has 5 nitrogen and oxygen atoms in total.